The summed E-state index contributed by atoms with van der Waals surface area (Å²) in [7, 11) is 4.08. The lowest BCUT2D eigenvalue weighted by Gasteiger charge is -1.99. The number of rotatable bonds is 3. The van der Waals surface area contributed by atoms with Crippen molar-refractivity contribution in [3.63, 3.8) is 0 Å². The maximum Gasteiger partial charge on any atom is 0.302 e. The van der Waals surface area contributed by atoms with Gasteiger partial charge < -0.3 is 0 Å². The summed E-state index contributed by atoms with van der Waals surface area (Å²) in [5, 5.41) is 0. The average molecular weight is 228 g/mol. The highest BCUT2D eigenvalue weighted by atomic mass is 15.1. The zero-order valence-corrected chi connectivity index (χ0v) is 10.6. The molecule has 0 radical (unpaired) electrons. The van der Waals surface area contributed by atoms with Gasteiger partial charge in [0.25, 0.3) is 0 Å². The molecule has 2 rings (SSSR count). The smallest absolute Gasteiger partial charge is 0.277 e. The fourth-order valence-electron chi connectivity index (χ4n) is 1.96. The highest BCUT2D eigenvalue weighted by Crippen LogP contribution is 2.02. The quantitative estimate of drug-likeness (QED) is 0.565. The van der Waals surface area contributed by atoms with Crippen molar-refractivity contribution < 1.29 is 4.57 Å². The maximum atomic E-state index is 4.63. The number of aryl methyl sites for hydroxylation is 2. The molecule has 3 heteroatoms. The van der Waals surface area contributed by atoms with Crippen LogP contribution in [-0.2, 0) is 20.6 Å². The Balaban J connectivity index is 2.18. The van der Waals surface area contributed by atoms with Crippen LogP contribution in [0, 0.1) is 0 Å². The number of nitrogens with zero attached hydrogens (tertiary/aromatic N) is 3. The second-order valence-corrected chi connectivity index (χ2v) is 4.23. The van der Waals surface area contributed by atoms with E-state index in [4.69, 9.17) is 0 Å². The van der Waals surface area contributed by atoms with Gasteiger partial charge in [-0.1, -0.05) is 30.3 Å². The molecule has 0 saturated heterocycles. The van der Waals surface area contributed by atoms with E-state index in [1.165, 1.54) is 5.56 Å². The Morgan fingerprint density at radius 3 is 2.59 bits per heavy atom. The van der Waals surface area contributed by atoms with Crippen LogP contribution in [-0.4, -0.2) is 10.3 Å². The fourth-order valence-corrected chi connectivity index (χ4v) is 1.96. The zero-order chi connectivity index (χ0) is 12.3. The Kier molecular flexibility index (Phi) is 3.38. The monoisotopic (exact) mass is 228 g/mol. The summed E-state index contributed by atoms with van der Waals surface area (Å²) in [6, 6.07) is 10.3. The molecule has 88 valence electrons. The Morgan fingerprint density at radius 1 is 1.29 bits per heavy atom. The summed E-state index contributed by atoms with van der Waals surface area (Å²) in [6.07, 6.45) is 4.08. The van der Waals surface area contributed by atoms with Crippen molar-refractivity contribution in [2.75, 3.05) is 0 Å². The first-order valence-electron chi connectivity index (χ1n) is 5.75. The molecule has 0 aliphatic carbocycles. The van der Waals surface area contributed by atoms with E-state index in [-0.39, 0.29) is 0 Å². The third kappa shape index (κ3) is 2.61. The molecule has 0 aliphatic rings. The number of hydrogen-bond donors (Lipinski definition) is 0. The first-order chi connectivity index (χ1) is 8.18. The molecule has 17 heavy (non-hydrogen) atoms. The van der Waals surface area contributed by atoms with Gasteiger partial charge in [-0.3, -0.25) is 4.99 Å². The van der Waals surface area contributed by atoms with E-state index < -0.39 is 0 Å². The van der Waals surface area contributed by atoms with Gasteiger partial charge in [-0.2, -0.15) is 0 Å². The molecule has 0 aliphatic heterocycles. The molecule has 0 fully saturated rings. The molecule has 0 spiro atoms. The van der Waals surface area contributed by atoms with Crippen LogP contribution in [0.15, 0.2) is 47.7 Å². The molecule has 0 amide bonds. The fraction of sp³-hybridized carbons (Fsp3) is 0.286. The second-order valence-electron chi connectivity index (χ2n) is 4.23. The van der Waals surface area contributed by atoms with E-state index in [1.807, 2.05) is 44.7 Å². The minimum absolute atomic E-state index is 0.734. The van der Waals surface area contributed by atoms with Crippen molar-refractivity contribution >= 4 is 5.71 Å². The van der Waals surface area contributed by atoms with E-state index in [0.717, 1.165) is 18.1 Å². The van der Waals surface area contributed by atoms with Crippen molar-refractivity contribution in [1.82, 2.24) is 4.57 Å². The predicted molar refractivity (Wildman–Crippen MR) is 68.9 cm³/mol. The van der Waals surface area contributed by atoms with Crippen molar-refractivity contribution in [1.29, 1.82) is 0 Å². The van der Waals surface area contributed by atoms with E-state index in [1.54, 1.807) is 0 Å². The molecule has 3 nitrogen and oxygen atoms in total. The van der Waals surface area contributed by atoms with Gasteiger partial charge in [0.2, 0.25) is 0 Å². The minimum atomic E-state index is 0.734. The van der Waals surface area contributed by atoms with Gasteiger partial charge in [-0.25, -0.2) is 9.13 Å². The average Bonchev–Trinajstić information content (AvgIpc) is 2.67. The van der Waals surface area contributed by atoms with Crippen molar-refractivity contribution in [2.45, 2.75) is 13.5 Å². The van der Waals surface area contributed by atoms with Crippen molar-refractivity contribution in [3.05, 3.63) is 54.1 Å². The van der Waals surface area contributed by atoms with Gasteiger partial charge in [0.05, 0.1) is 20.6 Å². The van der Waals surface area contributed by atoms with E-state index >= 15 is 0 Å². The minimum Gasteiger partial charge on any atom is -0.277 e. The molecule has 0 N–H and O–H groups in total. The van der Waals surface area contributed by atoms with Crippen LogP contribution in [0.3, 0.4) is 0 Å². The third-order valence-corrected chi connectivity index (χ3v) is 2.85. The number of imidazole rings is 1. The highest BCUT2D eigenvalue weighted by molar-refractivity contribution is 5.94. The molecule has 1 aromatic heterocycles. The molecule has 1 aromatic carbocycles. The van der Waals surface area contributed by atoms with Crippen LogP contribution < -0.4 is 4.57 Å². The lowest BCUT2D eigenvalue weighted by Crippen LogP contribution is -2.34. The first-order valence-corrected chi connectivity index (χ1v) is 5.75. The molecule has 0 bridgehead atoms. The summed E-state index contributed by atoms with van der Waals surface area (Å²) in [5.74, 6) is 1.14. The zero-order valence-electron chi connectivity index (χ0n) is 10.6. The molecule has 0 saturated carbocycles. The van der Waals surface area contributed by atoms with Crippen LogP contribution in [0.1, 0.15) is 18.3 Å². The lowest BCUT2D eigenvalue weighted by molar-refractivity contribution is -0.672. The van der Waals surface area contributed by atoms with Crippen molar-refractivity contribution in [2.24, 2.45) is 19.1 Å². The number of benzene rings is 1. The summed E-state index contributed by atoms with van der Waals surface area (Å²) in [5.41, 5.74) is 2.30. The van der Waals surface area contributed by atoms with Gasteiger partial charge in [-0.15, -0.1) is 0 Å². The Bertz CT molecular complexity index is 504. The maximum absolute atomic E-state index is 4.63. The van der Waals surface area contributed by atoms with E-state index in [0.29, 0.717) is 0 Å². The number of aromatic nitrogens is 2. The molecular weight excluding hydrogens is 210 g/mol. The molecule has 1 heterocycles. The molecular formula is C14H18N3+. The van der Waals surface area contributed by atoms with Gasteiger partial charge in [0.1, 0.15) is 18.1 Å². The third-order valence-electron chi connectivity index (χ3n) is 2.85. The molecule has 0 unspecified atom stereocenters. The second kappa shape index (κ2) is 4.95. The van der Waals surface area contributed by atoms with Gasteiger partial charge in [0.15, 0.2) is 0 Å². The van der Waals surface area contributed by atoms with Crippen LogP contribution in [0.4, 0.5) is 0 Å². The summed E-state index contributed by atoms with van der Waals surface area (Å²) < 4.78 is 4.17. The van der Waals surface area contributed by atoms with Gasteiger partial charge in [-0.05, 0) is 12.5 Å². The highest BCUT2D eigenvalue weighted by Gasteiger charge is 2.14. The Labute approximate surface area is 102 Å². The Hall–Kier alpha value is -1.90. The summed E-state index contributed by atoms with van der Waals surface area (Å²) in [6.45, 7) is 2.79. The van der Waals surface area contributed by atoms with E-state index in [9.17, 15) is 0 Å². The van der Waals surface area contributed by atoms with Crippen LogP contribution in [0.25, 0.3) is 0 Å². The van der Waals surface area contributed by atoms with Crippen molar-refractivity contribution in [3.8, 4) is 0 Å². The Morgan fingerprint density at radius 2 is 2.00 bits per heavy atom. The standard InChI is InChI=1S/C14H18N3/c1-12(14-16(2)9-10-17(14)3)15-11-13-7-5-4-6-8-13/h4-10H,11H2,1-3H3/q+1/b15-12+. The first kappa shape index (κ1) is 11.6. The van der Waals surface area contributed by atoms with Crippen LogP contribution in [0.2, 0.25) is 0 Å². The van der Waals surface area contributed by atoms with Crippen LogP contribution >= 0.6 is 0 Å². The van der Waals surface area contributed by atoms with Gasteiger partial charge >= 0.3 is 5.82 Å². The largest absolute Gasteiger partial charge is 0.302 e. The van der Waals surface area contributed by atoms with E-state index in [2.05, 4.69) is 33.2 Å². The van der Waals surface area contributed by atoms with Gasteiger partial charge in [0, 0.05) is 0 Å². The normalized spacial score (nSPS) is 11.8. The van der Waals surface area contributed by atoms with Crippen LogP contribution in [0.5, 0.6) is 0 Å². The lowest BCUT2D eigenvalue weighted by atomic mass is 10.2. The molecule has 0 atom stereocenters. The molecule has 2 aromatic rings. The number of aliphatic imine (C=N–C) groups is 1. The number of hydrogen-bond acceptors (Lipinski definition) is 1. The topological polar surface area (TPSA) is 21.2 Å². The summed E-state index contributed by atoms with van der Waals surface area (Å²) >= 11 is 0. The predicted octanol–water partition coefficient (Wildman–Crippen LogP) is 1.86. The summed E-state index contributed by atoms with van der Waals surface area (Å²) in [4.78, 5) is 4.63. The SMILES string of the molecule is C/C(=N\Cc1ccccc1)c1n(C)cc[n+]1C.